The lowest BCUT2D eigenvalue weighted by molar-refractivity contribution is -0.142. The number of hydrogen-bond acceptors (Lipinski definition) is 4. The predicted octanol–water partition coefficient (Wildman–Crippen LogP) is 2.89. The van der Waals surface area contributed by atoms with Crippen LogP contribution in [0.4, 0.5) is 0 Å². The van der Waals surface area contributed by atoms with E-state index in [9.17, 15) is 9.59 Å². The van der Waals surface area contributed by atoms with Gasteiger partial charge in [0.1, 0.15) is 6.04 Å². The number of thiophene rings is 1. The van der Waals surface area contributed by atoms with Gasteiger partial charge in [-0.15, -0.1) is 11.3 Å². The van der Waals surface area contributed by atoms with Crippen molar-refractivity contribution in [3.63, 3.8) is 0 Å². The molecule has 1 aliphatic rings. The second-order valence-electron chi connectivity index (χ2n) is 5.38. The van der Waals surface area contributed by atoms with Gasteiger partial charge >= 0.3 is 0 Å². The van der Waals surface area contributed by atoms with Crippen LogP contribution < -0.4 is 5.32 Å². The Morgan fingerprint density at radius 2 is 2.32 bits per heavy atom. The molecule has 122 valence electrons. The fourth-order valence-corrected chi connectivity index (χ4v) is 4.34. The average molecular weight is 341 g/mol. The second-order valence-corrected chi connectivity index (χ2v) is 7.51. The number of amides is 2. The third kappa shape index (κ3) is 5.02. The van der Waals surface area contributed by atoms with Crippen LogP contribution in [0, 0.1) is 0 Å². The lowest BCUT2D eigenvalue weighted by Crippen LogP contribution is -2.52. The van der Waals surface area contributed by atoms with Gasteiger partial charge in [0.15, 0.2) is 0 Å². The van der Waals surface area contributed by atoms with E-state index in [1.165, 1.54) is 4.88 Å². The molecule has 0 radical (unpaired) electrons. The van der Waals surface area contributed by atoms with Crippen LogP contribution in [0.25, 0.3) is 0 Å². The van der Waals surface area contributed by atoms with E-state index in [1.54, 1.807) is 16.2 Å². The molecule has 0 unspecified atom stereocenters. The molecule has 22 heavy (non-hydrogen) atoms. The van der Waals surface area contributed by atoms with E-state index in [0.29, 0.717) is 13.0 Å². The number of nitrogens with one attached hydrogen (secondary N) is 1. The molecular formula is C16H24N2O2S2. The van der Waals surface area contributed by atoms with Crippen LogP contribution >= 0.6 is 23.1 Å². The highest BCUT2D eigenvalue weighted by Gasteiger charge is 2.30. The molecule has 0 saturated carbocycles. The maximum absolute atomic E-state index is 12.3. The molecule has 1 atom stereocenters. The highest BCUT2D eigenvalue weighted by atomic mass is 32.2. The predicted molar refractivity (Wildman–Crippen MR) is 93.1 cm³/mol. The Balaban J connectivity index is 1.69. The lowest BCUT2D eigenvalue weighted by Gasteiger charge is -2.34. The SMILES string of the molecule is CCC(=O)N1CCCC[C@H]1C(=O)NCCSCc1cccs1. The highest BCUT2D eigenvalue weighted by molar-refractivity contribution is 7.98. The van der Waals surface area contributed by atoms with Crippen LogP contribution in [0.5, 0.6) is 0 Å². The summed E-state index contributed by atoms with van der Waals surface area (Å²) in [5.41, 5.74) is 0. The third-order valence-corrected chi connectivity index (χ3v) is 5.87. The Bertz CT molecular complexity index is 477. The summed E-state index contributed by atoms with van der Waals surface area (Å²) in [6.07, 6.45) is 3.30. The van der Waals surface area contributed by atoms with Crippen LogP contribution in [0.1, 0.15) is 37.5 Å². The molecular weight excluding hydrogens is 316 g/mol. The molecule has 0 bridgehead atoms. The Labute approximate surface area is 140 Å². The van der Waals surface area contributed by atoms with Crippen LogP contribution in [0.3, 0.4) is 0 Å². The number of likely N-dealkylation sites (tertiary alicyclic amines) is 1. The minimum absolute atomic E-state index is 0.0122. The number of piperidine rings is 1. The van der Waals surface area contributed by atoms with E-state index in [0.717, 1.165) is 37.3 Å². The molecule has 1 aromatic rings. The van der Waals surface area contributed by atoms with E-state index in [2.05, 4.69) is 22.8 Å². The number of thioether (sulfide) groups is 1. The van der Waals surface area contributed by atoms with Crippen molar-refractivity contribution in [2.45, 2.75) is 44.4 Å². The molecule has 2 amide bonds. The van der Waals surface area contributed by atoms with Gasteiger partial charge in [-0.3, -0.25) is 9.59 Å². The summed E-state index contributed by atoms with van der Waals surface area (Å²) in [4.78, 5) is 27.4. The zero-order chi connectivity index (χ0) is 15.8. The van der Waals surface area contributed by atoms with E-state index < -0.39 is 0 Å². The number of hydrogen-bond donors (Lipinski definition) is 1. The molecule has 4 nitrogen and oxygen atoms in total. The van der Waals surface area contributed by atoms with Crippen molar-refractivity contribution in [1.82, 2.24) is 10.2 Å². The van der Waals surface area contributed by atoms with Crippen LogP contribution in [0.15, 0.2) is 17.5 Å². The van der Waals surface area contributed by atoms with Crippen LogP contribution in [-0.2, 0) is 15.3 Å². The first kappa shape index (κ1) is 17.3. The number of carbonyl (C=O) groups excluding carboxylic acids is 2. The van der Waals surface area contributed by atoms with Gasteiger partial charge in [-0.2, -0.15) is 11.8 Å². The zero-order valence-electron chi connectivity index (χ0n) is 13.0. The molecule has 1 aromatic heterocycles. The van der Waals surface area contributed by atoms with E-state index >= 15 is 0 Å². The van der Waals surface area contributed by atoms with Gasteiger partial charge in [-0.25, -0.2) is 0 Å². The molecule has 1 aliphatic heterocycles. The monoisotopic (exact) mass is 340 g/mol. The van der Waals surface area contributed by atoms with E-state index in [1.807, 2.05) is 18.7 Å². The number of rotatable bonds is 7. The van der Waals surface area contributed by atoms with E-state index in [4.69, 9.17) is 0 Å². The van der Waals surface area contributed by atoms with Gasteiger partial charge in [0.2, 0.25) is 11.8 Å². The maximum Gasteiger partial charge on any atom is 0.242 e. The first-order valence-corrected chi connectivity index (χ1v) is 9.93. The summed E-state index contributed by atoms with van der Waals surface area (Å²) in [5, 5.41) is 5.07. The van der Waals surface area contributed by atoms with Crippen LogP contribution in [-0.4, -0.2) is 41.6 Å². The summed E-state index contributed by atoms with van der Waals surface area (Å²) in [5.74, 6) is 2.00. The molecule has 0 aromatic carbocycles. The van der Waals surface area contributed by atoms with Crippen molar-refractivity contribution in [3.05, 3.63) is 22.4 Å². The molecule has 0 aliphatic carbocycles. The Kier molecular flexibility index (Phi) is 7.25. The fourth-order valence-electron chi connectivity index (χ4n) is 2.64. The average Bonchev–Trinajstić information content (AvgIpc) is 3.07. The first-order valence-electron chi connectivity index (χ1n) is 7.89. The molecule has 2 rings (SSSR count). The highest BCUT2D eigenvalue weighted by Crippen LogP contribution is 2.19. The number of nitrogens with zero attached hydrogens (tertiary/aromatic N) is 1. The van der Waals surface area contributed by atoms with Crippen molar-refractivity contribution < 1.29 is 9.59 Å². The van der Waals surface area contributed by atoms with Crippen molar-refractivity contribution in [2.75, 3.05) is 18.8 Å². The van der Waals surface area contributed by atoms with E-state index in [-0.39, 0.29) is 17.9 Å². The molecule has 2 heterocycles. The van der Waals surface area contributed by atoms with Gasteiger partial charge in [-0.1, -0.05) is 13.0 Å². The summed E-state index contributed by atoms with van der Waals surface area (Å²) in [6.45, 7) is 3.24. The van der Waals surface area contributed by atoms with Gasteiger partial charge < -0.3 is 10.2 Å². The van der Waals surface area contributed by atoms with Gasteiger partial charge in [-0.05, 0) is 30.7 Å². The molecule has 0 spiro atoms. The maximum atomic E-state index is 12.3. The van der Waals surface area contributed by atoms with Crippen molar-refractivity contribution in [3.8, 4) is 0 Å². The minimum Gasteiger partial charge on any atom is -0.353 e. The first-order chi connectivity index (χ1) is 10.7. The van der Waals surface area contributed by atoms with Crippen LogP contribution in [0.2, 0.25) is 0 Å². The number of carbonyl (C=O) groups is 2. The fraction of sp³-hybridized carbons (Fsp3) is 0.625. The van der Waals surface area contributed by atoms with Gasteiger partial charge in [0.25, 0.3) is 0 Å². The minimum atomic E-state index is -0.261. The summed E-state index contributed by atoms with van der Waals surface area (Å²) in [7, 11) is 0. The molecule has 6 heteroatoms. The normalized spacial score (nSPS) is 18.2. The standard InChI is InChI=1S/C16H24N2O2S2/c1-2-15(19)18-9-4-3-7-14(18)16(20)17-8-11-21-12-13-6-5-10-22-13/h5-6,10,14H,2-4,7-9,11-12H2,1H3,(H,17,20)/t14-/m0/s1. The van der Waals surface area contributed by atoms with Crippen molar-refractivity contribution >= 4 is 34.9 Å². The Morgan fingerprint density at radius 1 is 1.45 bits per heavy atom. The van der Waals surface area contributed by atoms with Gasteiger partial charge in [0.05, 0.1) is 0 Å². The largest absolute Gasteiger partial charge is 0.353 e. The Morgan fingerprint density at radius 3 is 3.05 bits per heavy atom. The molecule has 1 N–H and O–H groups in total. The van der Waals surface area contributed by atoms with Gasteiger partial charge in [0, 0.05) is 35.9 Å². The molecule has 1 fully saturated rings. The lowest BCUT2D eigenvalue weighted by atomic mass is 10.0. The second kappa shape index (κ2) is 9.20. The summed E-state index contributed by atoms with van der Waals surface area (Å²) < 4.78 is 0. The topological polar surface area (TPSA) is 49.4 Å². The molecule has 1 saturated heterocycles. The van der Waals surface area contributed by atoms with Crippen molar-refractivity contribution in [2.24, 2.45) is 0 Å². The Hall–Kier alpha value is -1.01. The zero-order valence-corrected chi connectivity index (χ0v) is 14.7. The quantitative estimate of drug-likeness (QED) is 0.777. The van der Waals surface area contributed by atoms with Crippen molar-refractivity contribution in [1.29, 1.82) is 0 Å². The third-order valence-electron chi connectivity index (χ3n) is 3.80. The smallest absolute Gasteiger partial charge is 0.242 e. The summed E-state index contributed by atoms with van der Waals surface area (Å²) >= 11 is 3.59. The summed E-state index contributed by atoms with van der Waals surface area (Å²) in [6, 6.07) is 3.93.